The van der Waals surface area contributed by atoms with E-state index in [-0.39, 0.29) is 13.2 Å². The molecule has 6 nitrogen and oxygen atoms in total. The van der Waals surface area contributed by atoms with Gasteiger partial charge in [0.1, 0.15) is 0 Å². The summed E-state index contributed by atoms with van der Waals surface area (Å²) in [6.07, 6.45) is 10.6. The van der Waals surface area contributed by atoms with E-state index in [1.807, 2.05) is 0 Å². The van der Waals surface area contributed by atoms with Crippen molar-refractivity contribution in [3.63, 3.8) is 0 Å². The van der Waals surface area contributed by atoms with Crippen LogP contribution >= 0.6 is 0 Å². The number of ether oxygens (including phenoxy) is 4. The predicted octanol–water partition coefficient (Wildman–Crippen LogP) is 3.18. The highest BCUT2D eigenvalue weighted by molar-refractivity contribution is 4.43. The van der Waals surface area contributed by atoms with E-state index in [0.717, 1.165) is 13.2 Å². The lowest BCUT2D eigenvalue weighted by Crippen LogP contribution is -2.11. The first-order valence-corrected chi connectivity index (χ1v) is 10.4. The first-order valence-electron chi connectivity index (χ1n) is 10.4. The van der Waals surface area contributed by atoms with Crippen LogP contribution in [0.4, 0.5) is 0 Å². The van der Waals surface area contributed by atoms with Crippen LogP contribution < -0.4 is 0 Å². The van der Waals surface area contributed by atoms with Crippen LogP contribution in [0.2, 0.25) is 0 Å². The van der Waals surface area contributed by atoms with E-state index >= 15 is 0 Å². The summed E-state index contributed by atoms with van der Waals surface area (Å²) >= 11 is 0. The fourth-order valence-electron chi connectivity index (χ4n) is 2.00. The Hall–Kier alpha value is -0.240. The van der Waals surface area contributed by atoms with E-state index in [0.29, 0.717) is 39.6 Å². The van der Waals surface area contributed by atoms with E-state index < -0.39 is 0 Å². The highest BCUT2D eigenvalue weighted by atomic mass is 16.5. The molecule has 0 aromatic carbocycles. The molecule has 0 saturated heterocycles. The van der Waals surface area contributed by atoms with Gasteiger partial charge < -0.3 is 29.2 Å². The van der Waals surface area contributed by atoms with Crippen LogP contribution in [0.1, 0.15) is 65.2 Å². The number of rotatable bonds is 20. The Labute approximate surface area is 161 Å². The van der Waals surface area contributed by atoms with Crippen LogP contribution in [-0.4, -0.2) is 76.3 Å². The van der Waals surface area contributed by atoms with Crippen LogP contribution in [0.15, 0.2) is 0 Å². The lowest BCUT2D eigenvalue weighted by Gasteiger charge is -2.04. The third-order valence-electron chi connectivity index (χ3n) is 3.50. The molecule has 0 fully saturated rings. The Kier molecular flexibility index (Phi) is 31.8. The predicted molar refractivity (Wildman–Crippen MR) is 106 cm³/mol. The zero-order valence-electron chi connectivity index (χ0n) is 17.3. The summed E-state index contributed by atoms with van der Waals surface area (Å²) in [6, 6.07) is 0. The van der Waals surface area contributed by atoms with Crippen molar-refractivity contribution in [1.29, 1.82) is 0 Å². The van der Waals surface area contributed by atoms with Crippen molar-refractivity contribution in [3.05, 3.63) is 0 Å². The van der Waals surface area contributed by atoms with Gasteiger partial charge in [0, 0.05) is 13.2 Å². The molecule has 0 amide bonds. The van der Waals surface area contributed by atoms with Crippen LogP contribution in [0.25, 0.3) is 0 Å². The quantitative estimate of drug-likeness (QED) is 0.316. The molecule has 0 heterocycles. The maximum Gasteiger partial charge on any atom is 0.0701 e. The lowest BCUT2D eigenvalue weighted by atomic mass is 10.1. The summed E-state index contributed by atoms with van der Waals surface area (Å²) in [4.78, 5) is 0. The van der Waals surface area contributed by atoms with Gasteiger partial charge in [-0.25, -0.2) is 0 Å². The first-order chi connectivity index (χ1) is 12.8. The minimum absolute atomic E-state index is 0.0413. The van der Waals surface area contributed by atoms with Gasteiger partial charge in [0.2, 0.25) is 0 Å². The fraction of sp³-hybridized carbons (Fsp3) is 1.00. The van der Waals surface area contributed by atoms with Crippen molar-refractivity contribution in [2.75, 3.05) is 66.1 Å². The largest absolute Gasteiger partial charge is 0.394 e. The molecule has 26 heavy (non-hydrogen) atoms. The van der Waals surface area contributed by atoms with Gasteiger partial charge >= 0.3 is 0 Å². The summed E-state index contributed by atoms with van der Waals surface area (Å²) in [7, 11) is 0. The minimum Gasteiger partial charge on any atom is -0.394 e. The van der Waals surface area contributed by atoms with Crippen LogP contribution in [0.3, 0.4) is 0 Å². The molecular weight excluding hydrogens is 336 g/mol. The fourth-order valence-corrected chi connectivity index (χ4v) is 2.00. The highest BCUT2D eigenvalue weighted by Gasteiger charge is 1.91. The van der Waals surface area contributed by atoms with Gasteiger partial charge in [-0.15, -0.1) is 0 Å². The van der Waals surface area contributed by atoms with Crippen molar-refractivity contribution < 1.29 is 29.2 Å². The second-order valence-electron chi connectivity index (χ2n) is 6.02. The Balaban J connectivity index is 0. The van der Waals surface area contributed by atoms with E-state index in [1.54, 1.807) is 0 Å². The third kappa shape index (κ3) is 31.5. The van der Waals surface area contributed by atoms with Gasteiger partial charge in [0.25, 0.3) is 0 Å². The van der Waals surface area contributed by atoms with Gasteiger partial charge in [0.05, 0.1) is 52.9 Å². The summed E-state index contributed by atoms with van der Waals surface area (Å²) < 4.78 is 20.5. The third-order valence-corrected chi connectivity index (χ3v) is 3.50. The maximum atomic E-state index is 8.36. The molecule has 2 N–H and O–H groups in total. The van der Waals surface area contributed by atoms with Gasteiger partial charge in [-0.3, -0.25) is 0 Å². The van der Waals surface area contributed by atoms with Crippen molar-refractivity contribution >= 4 is 0 Å². The normalized spacial score (nSPS) is 10.6. The molecule has 0 aliphatic carbocycles. The van der Waals surface area contributed by atoms with Gasteiger partial charge in [-0.1, -0.05) is 52.4 Å². The van der Waals surface area contributed by atoms with Crippen LogP contribution in [-0.2, 0) is 18.9 Å². The van der Waals surface area contributed by atoms with Crippen molar-refractivity contribution in [2.45, 2.75) is 65.2 Å². The standard InChI is InChI=1S/C12H26O.C8H18O5/c1-3-5-7-8-9-10-12-13-11-6-4-2;9-1-3-11-5-7-13-8-6-12-4-2-10/h3-12H2,1-2H3;9-10H,1-8H2. The molecule has 0 bridgehead atoms. The van der Waals surface area contributed by atoms with Gasteiger partial charge in [-0.05, 0) is 12.8 Å². The molecule has 0 aromatic rings. The molecule has 0 spiro atoms. The SMILES string of the molecule is CCCCCCCCOCCCC.OCCOCCOCCOCCO. The zero-order valence-corrected chi connectivity index (χ0v) is 17.3. The smallest absolute Gasteiger partial charge is 0.0701 e. The zero-order chi connectivity index (χ0) is 19.6. The molecule has 0 unspecified atom stereocenters. The second kappa shape index (κ2) is 29.5. The monoisotopic (exact) mass is 380 g/mol. The first kappa shape index (κ1) is 28.0. The summed E-state index contributed by atoms with van der Waals surface area (Å²) in [5, 5.41) is 16.7. The van der Waals surface area contributed by atoms with Gasteiger partial charge in [-0.2, -0.15) is 0 Å². The van der Waals surface area contributed by atoms with E-state index in [9.17, 15) is 0 Å². The second-order valence-corrected chi connectivity index (χ2v) is 6.02. The van der Waals surface area contributed by atoms with Crippen LogP contribution in [0.5, 0.6) is 0 Å². The molecular formula is C20H44O6. The molecule has 0 aromatic heterocycles. The topological polar surface area (TPSA) is 77.4 Å². The number of hydrogen-bond acceptors (Lipinski definition) is 6. The van der Waals surface area contributed by atoms with E-state index in [2.05, 4.69) is 13.8 Å². The van der Waals surface area contributed by atoms with Crippen LogP contribution in [0, 0.1) is 0 Å². The molecule has 0 aliphatic heterocycles. The Morgan fingerprint density at radius 1 is 0.423 bits per heavy atom. The minimum atomic E-state index is 0.0413. The Morgan fingerprint density at radius 3 is 1.31 bits per heavy atom. The highest BCUT2D eigenvalue weighted by Crippen LogP contribution is 2.04. The molecule has 0 saturated carbocycles. The summed E-state index contributed by atoms with van der Waals surface area (Å²) in [5.41, 5.74) is 0. The van der Waals surface area contributed by atoms with Crippen molar-refractivity contribution in [2.24, 2.45) is 0 Å². The summed E-state index contributed by atoms with van der Waals surface area (Å²) in [6.45, 7) is 9.17. The number of hydrogen-bond donors (Lipinski definition) is 2. The number of aliphatic hydroxyl groups is 2. The molecule has 0 aliphatic rings. The van der Waals surface area contributed by atoms with Gasteiger partial charge in [0.15, 0.2) is 0 Å². The Bertz CT molecular complexity index is 174. The molecule has 0 rings (SSSR count). The Morgan fingerprint density at radius 2 is 0.808 bits per heavy atom. The van der Waals surface area contributed by atoms with Crippen molar-refractivity contribution in [1.82, 2.24) is 0 Å². The average molecular weight is 381 g/mol. The van der Waals surface area contributed by atoms with Crippen molar-refractivity contribution in [3.8, 4) is 0 Å². The maximum absolute atomic E-state index is 8.36. The summed E-state index contributed by atoms with van der Waals surface area (Å²) in [5.74, 6) is 0. The molecule has 0 atom stereocenters. The number of aliphatic hydroxyl groups excluding tert-OH is 2. The van der Waals surface area contributed by atoms with E-state index in [1.165, 1.54) is 51.4 Å². The average Bonchev–Trinajstić information content (AvgIpc) is 2.66. The lowest BCUT2D eigenvalue weighted by molar-refractivity contribution is 0.00230. The van der Waals surface area contributed by atoms with E-state index in [4.69, 9.17) is 29.2 Å². The molecule has 0 radical (unpaired) electrons. The molecule has 160 valence electrons. The number of unbranched alkanes of at least 4 members (excludes halogenated alkanes) is 6. The molecule has 6 heteroatoms.